The second-order valence-electron chi connectivity index (χ2n) is 5.24. The van der Waals surface area contributed by atoms with Crippen molar-refractivity contribution in [3.8, 4) is 0 Å². The molecule has 1 heterocycles. The Morgan fingerprint density at radius 3 is 2.56 bits per heavy atom. The van der Waals surface area contributed by atoms with Crippen LogP contribution in [0.5, 0.6) is 0 Å². The Morgan fingerprint density at radius 2 is 1.88 bits per heavy atom. The summed E-state index contributed by atoms with van der Waals surface area (Å²) in [5.41, 5.74) is 7.64. The number of likely N-dealkylation sites (tertiary alicyclic amines) is 1. The third-order valence-corrected chi connectivity index (χ3v) is 3.94. The molecule has 1 saturated carbocycles. The van der Waals surface area contributed by atoms with Crippen LogP contribution in [-0.4, -0.2) is 23.5 Å². The van der Waals surface area contributed by atoms with Gasteiger partial charge in [0.05, 0.1) is 0 Å². The fourth-order valence-corrected chi connectivity index (χ4v) is 2.99. The molecule has 2 aliphatic rings. The average Bonchev–Trinajstić information content (AvgIpc) is 3.07. The molecular formula is C14H20N2. The van der Waals surface area contributed by atoms with Crippen LogP contribution in [0.15, 0.2) is 30.3 Å². The zero-order chi connectivity index (χ0) is 11.0. The maximum Gasteiger partial charge on any atom is 0.0279 e. The van der Waals surface area contributed by atoms with E-state index in [9.17, 15) is 0 Å². The highest BCUT2D eigenvalue weighted by Gasteiger charge is 2.42. The molecule has 0 aromatic heterocycles. The van der Waals surface area contributed by atoms with Crippen molar-refractivity contribution in [1.82, 2.24) is 4.90 Å². The Kier molecular flexibility index (Phi) is 2.70. The zero-order valence-corrected chi connectivity index (χ0v) is 9.68. The molecule has 16 heavy (non-hydrogen) atoms. The van der Waals surface area contributed by atoms with Crippen LogP contribution >= 0.6 is 0 Å². The largest absolute Gasteiger partial charge is 0.326 e. The van der Waals surface area contributed by atoms with E-state index in [1.807, 2.05) is 0 Å². The van der Waals surface area contributed by atoms with Gasteiger partial charge < -0.3 is 5.73 Å². The number of benzene rings is 1. The van der Waals surface area contributed by atoms with Gasteiger partial charge in [-0.05, 0) is 30.7 Å². The minimum atomic E-state index is 0.413. The van der Waals surface area contributed by atoms with E-state index in [4.69, 9.17) is 5.73 Å². The van der Waals surface area contributed by atoms with Crippen molar-refractivity contribution in [2.75, 3.05) is 6.54 Å². The highest BCUT2D eigenvalue weighted by atomic mass is 15.2. The molecule has 2 atom stereocenters. The van der Waals surface area contributed by atoms with E-state index in [1.54, 1.807) is 0 Å². The van der Waals surface area contributed by atoms with E-state index in [0.29, 0.717) is 12.1 Å². The van der Waals surface area contributed by atoms with Gasteiger partial charge in [0.25, 0.3) is 0 Å². The highest BCUT2D eigenvalue weighted by molar-refractivity contribution is 5.15. The summed E-state index contributed by atoms with van der Waals surface area (Å²) in [5, 5.41) is 0. The van der Waals surface area contributed by atoms with E-state index in [2.05, 4.69) is 35.2 Å². The Balaban J connectivity index is 1.70. The molecule has 2 N–H and O–H groups in total. The summed E-state index contributed by atoms with van der Waals surface area (Å²) in [6.45, 7) is 2.26. The van der Waals surface area contributed by atoms with Crippen LogP contribution in [-0.2, 0) is 6.54 Å². The number of rotatable bonds is 3. The van der Waals surface area contributed by atoms with Gasteiger partial charge in [-0.25, -0.2) is 0 Å². The summed E-state index contributed by atoms with van der Waals surface area (Å²) in [5.74, 6) is 0.890. The van der Waals surface area contributed by atoms with E-state index in [-0.39, 0.29) is 0 Å². The summed E-state index contributed by atoms with van der Waals surface area (Å²) in [7, 11) is 0. The highest BCUT2D eigenvalue weighted by Crippen LogP contribution is 2.40. The SMILES string of the molecule is N[C@H]1CCN(Cc2ccccc2)[C@@H]1C1CC1. The molecule has 0 bridgehead atoms. The summed E-state index contributed by atoms with van der Waals surface area (Å²) < 4.78 is 0. The van der Waals surface area contributed by atoms with E-state index in [0.717, 1.165) is 12.5 Å². The summed E-state index contributed by atoms with van der Waals surface area (Å²) in [6, 6.07) is 11.8. The lowest BCUT2D eigenvalue weighted by atomic mass is 10.1. The quantitative estimate of drug-likeness (QED) is 0.837. The first-order chi connectivity index (χ1) is 7.84. The molecule has 1 aliphatic carbocycles. The molecule has 0 amide bonds. The van der Waals surface area contributed by atoms with Gasteiger partial charge in [-0.3, -0.25) is 4.90 Å². The summed E-state index contributed by atoms with van der Waals surface area (Å²) in [4.78, 5) is 2.59. The Bertz CT molecular complexity index is 345. The maximum absolute atomic E-state index is 6.22. The summed E-state index contributed by atoms with van der Waals surface area (Å²) in [6.07, 6.45) is 3.96. The third-order valence-electron chi connectivity index (χ3n) is 3.94. The lowest BCUT2D eigenvalue weighted by Crippen LogP contribution is -2.40. The van der Waals surface area contributed by atoms with Gasteiger partial charge >= 0.3 is 0 Å². The maximum atomic E-state index is 6.22. The van der Waals surface area contributed by atoms with Crippen molar-refractivity contribution >= 4 is 0 Å². The van der Waals surface area contributed by atoms with Crippen molar-refractivity contribution < 1.29 is 0 Å². The standard InChI is InChI=1S/C14H20N2/c15-13-8-9-16(14(13)12-6-7-12)10-11-4-2-1-3-5-11/h1-5,12-14H,6-10,15H2/t13-,14+/m0/s1. The van der Waals surface area contributed by atoms with Gasteiger partial charge in [0.1, 0.15) is 0 Å². The first-order valence-corrected chi connectivity index (χ1v) is 6.38. The van der Waals surface area contributed by atoms with Crippen molar-refractivity contribution in [2.45, 2.75) is 37.9 Å². The molecule has 1 saturated heterocycles. The average molecular weight is 216 g/mol. The molecular weight excluding hydrogens is 196 g/mol. The van der Waals surface area contributed by atoms with Crippen LogP contribution < -0.4 is 5.73 Å². The molecule has 2 nitrogen and oxygen atoms in total. The van der Waals surface area contributed by atoms with E-state index in [1.165, 1.54) is 31.4 Å². The molecule has 1 aromatic rings. The minimum absolute atomic E-state index is 0.413. The van der Waals surface area contributed by atoms with Crippen LogP contribution in [0.25, 0.3) is 0 Å². The zero-order valence-electron chi connectivity index (χ0n) is 9.68. The molecule has 0 radical (unpaired) electrons. The van der Waals surface area contributed by atoms with Gasteiger partial charge in [-0.1, -0.05) is 30.3 Å². The Hall–Kier alpha value is -0.860. The Labute approximate surface area is 97.4 Å². The second-order valence-corrected chi connectivity index (χ2v) is 5.24. The normalized spacial score (nSPS) is 30.8. The molecule has 0 spiro atoms. The predicted octanol–water partition coefficient (Wildman–Crippen LogP) is 2.00. The summed E-state index contributed by atoms with van der Waals surface area (Å²) >= 11 is 0. The second kappa shape index (κ2) is 4.19. The van der Waals surface area contributed by atoms with Crippen LogP contribution in [0, 0.1) is 5.92 Å². The minimum Gasteiger partial charge on any atom is -0.326 e. The van der Waals surface area contributed by atoms with Gasteiger partial charge in [0.15, 0.2) is 0 Å². The van der Waals surface area contributed by atoms with E-state index < -0.39 is 0 Å². The first-order valence-electron chi connectivity index (χ1n) is 6.38. The van der Waals surface area contributed by atoms with E-state index >= 15 is 0 Å². The van der Waals surface area contributed by atoms with Crippen molar-refractivity contribution in [1.29, 1.82) is 0 Å². The first kappa shape index (κ1) is 10.3. The van der Waals surface area contributed by atoms with Crippen molar-refractivity contribution in [2.24, 2.45) is 11.7 Å². The molecule has 86 valence electrons. The predicted molar refractivity (Wildman–Crippen MR) is 66.0 cm³/mol. The van der Waals surface area contributed by atoms with Gasteiger partial charge in [-0.15, -0.1) is 0 Å². The van der Waals surface area contributed by atoms with Gasteiger partial charge in [0, 0.05) is 25.2 Å². The van der Waals surface area contributed by atoms with Gasteiger partial charge in [0.2, 0.25) is 0 Å². The van der Waals surface area contributed by atoms with Crippen molar-refractivity contribution in [3.05, 3.63) is 35.9 Å². The van der Waals surface area contributed by atoms with Gasteiger partial charge in [-0.2, -0.15) is 0 Å². The van der Waals surface area contributed by atoms with Crippen LogP contribution in [0.3, 0.4) is 0 Å². The number of nitrogens with two attached hydrogens (primary N) is 1. The topological polar surface area (TPSA) is 29.3 Å². The van der Waals surface area contributed by atoms with Crippen LogP contribution in [0.2, 0.25) is 0 Å². The smallest absolute Gasteiger partial charge is 0.0279 e. The lowest BCUT2D eigenvalue weighted by Gasteiger charge is -2.26. The number of hydrogen-bond acceptors (Lipinski definition) is 2. The molecule has 0 unspecified atom stereocenters. The monoisotopic (exact) mass is 216 g/mol. The lowest BCUT2D eigenvalue weighted by molar-refractivity contribution is 0.214. The van der Waals surface area contributed by atoms with Crippen LogP contribution in [0.4, 0.5) is 0 Å². The molecule has 1 aliphatic heterocycles. The molecule has 3 rings (SSSR count). The van der Waals surface area contributed by atoms with Crippen LogP contribution in [0.1, 0.15) is 24.8 Å². The Morgan fingerprint density at radius 1 is 1.12 bits per heavy atom. The molecule has 1 aromatic carbocycles. The third kappa shape index (κ3) is 2.00. The fourth-order valence-electron chi connectivity index (χ4n) is 2.99. The molecule has 2 heteroatoms. The fraction of sp³-hybridized carbons (Fsp3) is 0.571. The number of nitrogens with zero attached hydrogens (tertiary/aromatic N) is 1. The molecule has 2 fully saturated rings. The van der Waals surface area contributed by atoms with Crippen molar-refractivity contribution in [3.63, 3.8) is 0 Å². The number of hydrogen-bond donors (Lipinski definition) is 1.